The van der Waals surface area contributed by atoms with Gasteiger partial charge in [0.05, 0.1) is 0 Å². The van der Waals surface area contributed by atoms with Crippen molar-refractivity contribution in [1.82, 2.24) is 0 Å². The molecule has 0 rings (SSSR count). The van der Waals surface area contributed by atoms with Gasteiger partial charge in [0.15, 0.2) is 0 Å². The molecule has 0 aromatic rings. The largest absolute Gasteiger partial charge is 0.248 e. The molecule has 1 unspecified atom stereocenters. The first kappa shape index (κ1) is 11.0. The van der Waals surface area contributed by atoms with Gasteiger partial charge in [-0.3, -0.25) is 0 Å². The van der Waals surface area contributed by atoms with Crippen LogP contribution >= 0.6 is 22.2 Å². The summed E-state index contributed by atoms with van der Waals surface area (Å²) in [6, 6.07) is 0. The van der Waals surface area contributed by atoms with E-state index in [1.807, 2.05) is 6.55 Å². The lowest BCUT2D eigenvalue weighted by Crippen LogP contribution is -2.38. The Hall–Kier alpha value is 1.01. The molecule has 0 fully saturated rings. The van der Waals surface area contributed by atoms with Gasteiger partial charge in [-0.1, -0.05) is 26.6 Å². The van der Waals surface area contributed by atoms with Crippen molar-refractivity contribution in [3.8, 4) is 0 Å². The molecule has 0 aromatic heterocycles. The van der Waals surface area contributed by atoms with Crippen molar-refractivity contribution in [1.29, 1.82) is 0 Å². The Morgan fingerprint density at radius 1 is 1.00 bits per heavy atom. The first-order valence-corrected chi connectivity index (χ1v) is 11.7. The minimum Gasteiger partial charge on any atom is -0.146 e. The van der Waals surface area contributed by atoms with Gasteiger partial charge < -0.3 is 0 Å². The van der Waals surface area contributed by atoms with E-state index in [9.17, 15) is 0 Å². The van der Waals surface area contributed by atoms with Crippen LogP contribution in [0.2, 0.25) is 31.4 Å². The molecule has 0 saturated carbocycles. The van der Waals surface area contributed by atoms with Crippen LogP contribution in [0.4, 0.5) is 0 Å². The molecular weight excluding hydrogens is 199 g/mol. The summed E-state index contributed by atoms with van der Waals surface area (Å²) in [7, 11) is -1.10. The molecule has 0 aliphatic carbocycles. The summed E-state index contributed by atoms with van der Waals surface area (Å²) in [5.41, 5.74) is 0. The van der Waals surface area contributed by atoms with Crippen molar-refractivity contribution in [3.63, 3.8) is 0 Å². The Morgan fingerprint density at radius 3 is 1.30 bits per heavy atom. The topological polar surface area (TPSA) is 0 Å². The van der Waals surface area contributed by atoms with E-state index in [0.717, 1.165) is 0 Å². The standard InChI is InChI=1S/C6H16Cl2Si2/c1-6(9(2,3)4)10(5,7)8/h6H,1-5H3. The first-order chi connectivity index (χ1) is 4.15. The van der Waals surface area contributed by atoms with E-state index in [-0.39, 0.29) is 0 Å². The molecule has 0 heterocycles. The van der Waals surface area contributed by atoms with Gasteiger partial charge in [-0.15, -0.1) is 22.2 Å². The quantitative estimate of drug-likeness (QED) is 0.485. The third-order valence-electron chi connectivity index (χ3n) is 2.06. The van der Waals surface area contributed by atoms with E-state index in [1.165, 1.54) is 0 Å². The van der Waals surface area contributed by atoms with E-state index < -0.39 is 14.8 Å². The van der Waals surface area contributed by atoms with Gasteiger partial charge >= 0.3 is 0 Å². The van der Waals surface area contributed by atoms with Gasteiger partial charge in [-0.25, -0.2) is 0 Å². The third-order valence-corrected chi connectivity index (χ3v) is 13.6. The summed E-state index contributed by atoms with van der Waals surface area (Å²) in [5.74, 6) is 0. The van der Waals surface area contributed by atoms with Gasteiger partial charge in [-0.2, -0.15) is 0 Å². The molecule has 0 spiro atoms. The normalized spacial score (nSPS) is 17.1. The molecule has 0 bridgehead atoms. The summed E-state index contributed by atoms with van der Waals surface area (Å²) in [4.78, 5) is 0. The second-order valence-corrected chi connectivity index (χ2v) is 18.3. The molecule has 0 nitrogen and oxygen atoms in total. The zero-order valence-corrected chi connectivity index (χ0v) is 10.8. The van der Waals surface area contributed by atoms with Crippen LogP contribution in [0.25, 0.3) is 0 Å². The number of hydrogen-bond donors (Lipinski definition) is 0. The van der Waals surface area contributed by atoms with Crippen molar-refractivity contribution in [2.24, 2.45) is 0 Å². The van der Waals surface area contributed by atoms with Crippen LogP contribution < -0.4 is 0 Å². The van der Waals surface area contributed by atoms with Gasteiger partial charge in [0, 0.05) is 8.07 Å². The highest BCUT2D eigenvalue weighted by atomic mass is 35.7. The fraction of sp³-hybridized carbons (Fsp3) is 1.00. The predicted molar refractivity (Wildman–Crippen MR) is 56.1 cm³/mol. The molecule has 0 amide bonds. The summed E-state index contributed by atoms with van der Waals surface area (Å²) in [5, 5.41) is 0.573. The Morgan fingerprint density at radius 2 is 1.30 bits per heavy atom. The Labute approximate surface area is 75.3 Å². The minimum absolute atomic E-state index is 0.573. The van der Waals surface area contributed by atoms with Gasteiger partial charge in [0.1, 0.15) is 0 Å². The van der Waals surface area contributed by atoms with Gasteiger partial charge in [0.25, 0.3) is 0 Å². The summed E-state index contributed by atoms with van der Waals surface area (Å²) < 4.78 is 0. The third kappa shape index (κ3) is 3.42. The van der Waals surface area contributed by atoms with Crippen LogP contribution in [0.1, 0.15) is 6.92 Å². The number of halogens is 2. The molecule has 0 N–H and O–H groups in total. The fourth-order valence-corrected chi connectivity index (χ4v) is 12.7. The van der Waals surface area contributed by atoms with Crippen LogP contribution in [-0.2, 0) is 0 Å². The maximum absolute atomic E-state index is 6.11. The Balaban J connectivity index is 4.23. The highest BCUT2D eigenvalue weighted by molar-refractivity contribution is 7.47. The van der Waals surface area contributed by atoms with Crippen LogP contribution in [0.3, 0.4) is 0 Å². The molecule has 4 heteroatoms. The SMILES string of the molecule is CC([Si](C)(C)C)[Si](C)(Cl)Cl. The highest BCUT2D eigenvalue weighted by Crippen LogP contribution is 2.36. The molecule has 0 aromatic carbocycles. The van der Waals surface area contributed by atoms with Gasteiger partial charge in [-0.05, 0) is 11.7 Å². The van der Waals surface area contributed by atoms with Crippen LogP contribution in [0, 0.1) is 0 Å². The lowest BCUT2D eigenvalue weighted by molar-refractivity contribution is 1.22. The van der Waals surface area contributed by atoms with E-state index in [4.69, 9.17) is 22.2 Å². The predicted octanol–water partition coefficient (Wildman–Crippen LogP) is 3.80. The monoisotopic (exact) mass is 214 g/mol. The second kappa shape index (κ2) is 3.17. The van der Waals surface area contributed by atoms with E-state index >= 15 is 0 Å². The van der Waals surface area contributed by atoms with Crippen LogP contribution in [0.15, 0.2) is 0 Å². The maximum atomic E-state index is 6.11. The molecule has 62 valence electrons. The molecule has 0 aliphatic heterocycles. The lowest BCUT2D eigenvalue weighted by Gasteiger charge is -2.30. The minimum atomic E-state index is -1.89. The van der Waals surface area contributed by atoms with E-state index in [1.54, 1.807) is 0 Å². The molecule has 10 heavy (non-hydrogen) atoms. The number of rotatable bonds is 2. The molecule has 0 radical (unpaired) electrons. The molecular formula is C6H16Cl2Si2. The first-order valence-electron chi connectivity index (χ1n) is 3.53. The van der Waals surface area contributed by atoms with Crippen LogP contribution in [-0.4, -0.2) is 14.8 Å². The van der Waals surface area contributed by atoms with Crippen LogP contribution in [0.5, 0.6) is 0 Å². The second-order valence-electron chi connectivity index (χ2n) is 4.04. The highest BCUT2D eigenvalue weighted by Gasteiger charge is 2.38. The van der Waals surface area contributed by atoms with Crippen molar-refractivity contribution < 1.29 is 0 Å². The maximum Gasteiger partial charge on any atom is 0.248 e. The molecule has 0 saturated heterocycles. The number of hydrogen-bond acceptors (Lipinski definition) is 0. The van der Waals surface area contributed by atoms with Crippen molar-refractivity contribution >= 4 is 36.9 Å². The van der Waals surface area contributed by atoms with Crippen molar-refractivity contribution in [2.75, 3.05) is 0 Å². The zero-order chi connectivity index (χ0) is 8.58. The van der Waals surface area contributed by atoms with Crippen molar-refractivity contribution in [3.05, 3.63) is 0 Å². The average Bonchev–Trinajstić information content (AvgIpc) is 1.59. The summed E-state index contributed by atoms with van der Waals surface area (Å²) >= 11 is 12.2. The smallest absolute Gasteiger partial charge is 0.146 e. The molecule has 0 aliphatic rings. The fourth-order valence-electron chi connectivity index (χ4n) is 0.760. The molecule has 1 atom stereocenters. The summed E-state index contributed by atoms with van der Waals surface area (Å²) in [6.45, 7) is 9.26. The van der Waals surface area contributed by atoms with Crippen molar-refractivity contribution in [2.45, 2.75) is 38.3 Å². The zero-order valence-electron chi connectivity index (χ0n) is 7.33. The van der Waals surface area contributed by atoms with E-state index in [0.29, 0.717) is 5.16 Å². The Bertz CT molecular complexity index is 97.9. The lowest BCUT2D eigenvalue weighted by atomic mass is 10.9. The van der Waals surface area contributed by atoms with E-state index in [2.05, 4.69) is 26.6 Å². The summed E-state index contributed by atoms with van der Waals surface area (Å²) in [6.07, 6.45) is 0. The average molecular weight is 215 g/mol. The van der Waals surface area contributed by atoms with Gasteiger partial charge in [0.2, 0.25) is 6.69 Å². The Kier molecular flexibility index (Phi) is 3.49.